The van der Waals surface area contributed by atoms with Gasteiger partial charge in [-0.3, -0.25) is 5.10 Å². The van der Waals surface area contributed by atoms with Crippen LogP contribution in [0.25, 0.3) is 0 Å². The van der Waals surface area contributed by atoms with Gasteiger partial charge in [0.25, 0.3) is 10.0 Å². The highest BCUT2D eigenvalue weighted by Gasteiger charge is 2.22. The van der Waals surface area contributed by atoms with Crippen molar-refractivity contribution in [1.29, 1.82) is 0 Å². The van der Waals surface area contributed by atoms with Gasteiger partial charge in [0.1, 0.15) is 0 Å². The van der Waals surface area contributed by atoms with Gasteiger partial charge < -0.3 is 0 Å². The third-order valence-electron chi connectivity index (χ3n) is 1.26. The second kappa shape index (κ2) is 3.79. The Morgan fingerprint density at radius 2 is 2.31 bits per heavy atom. The van der Waals surface area contributed by atoms with Crippen LogP contribution in [0.15, 0.2) is 12.3 Å². The lowest BCUT2D eigenvalue weighted by atomic mass is 10.4. The van der Waals surface area contributed by atoms with E-state index in [-0.39, 0.29) is 6.54 Å². The Morgan fingerprint density at radius 3 is 2.77 bits per heavy atom. The van der Waals surface area contributed by atoms with Crippen LogP contribution in [0, 0.1) is 0 Å². The molecule has 0 aliphatic rings. The highest BCUT2D eigenvalue weighted by Crippen LogP contribution is 2.02. The van der Waals surface area contributed by atoms with E-state index in [0.717, 1.165) is 0 Å². The van der Waals surface area contributed by atoms with Gasteiger partial charge in [0, 0.05) is 6.20 Å². The van der Waals surface area contributed by atoms with E-state index in [1.807, 2.05) is 0 Å². The molecule has 0 radical (unpaired) electrons. The largest absolute Gasteiger partial charge is 0.350 e. The molecule has 13 heavy (non-hydrogen) atoms. The first-order chi connectivity index (χ1) is 6.02. The van der Waals surface area contributed by atoms with Crippen LogP contribution in [0.5, 0.6) is 0 Å². The van der Waals surface area contributed by atoms with Gasteiger partial charge in [-0.1, -0.05) is 0 Å². The summed E-state index contributed by atoms with van der Waals surface area (Å²) in [5, 5.41) is 5.95. The standard InChI is InChI=1S/C5H7F2N3O2S/c6-5(7)13(11,12)9-3-4-1-2-8-10-4/h1-2,5,9H,3H2,(H,8,10). The fourth-order valence-corrected chi connectivity index (χ4v) is 1.11. The fraction of sp³-hybridized carbons (Fsp3) is 0.400. The molecule has 1 aromatic heterocycles. The van der Waals surface area contributed by atoms with Gasteiger partial charge in [0.05, 0.1) is 12.2 Å². The normalized spacial score (nSPS) is 12.2. The number of aromatic amines is 1. The molecule has 5 nitrogen and oxygen atoms in total. The van der Waals surface area contributed by atoms with Crippen molar-refractivity contribution in [3.63, 3.8) is 0 Å². The molecule has 1 aromatic rings. The molecule has 0 aromatic carbocycles. The molecule has 0 bridgehead atoms. The van der Waals surface area contributed by atoms with Gasteiger partial charge >= 0.3 is 5.76 Å². The van der Waals surface area contributed by atoms with Crippen LogP contribution < -0.4 is 4.72 Å². The van der Waals surface area contributed by atoms with E-state index >= 15 is 0 Å². The maximum atomic E-state index is 11.8. The van der Waals surface area contributed by atoms with Crippen molar-refractivity contribution in [3.8, 4) is 0 Å². The lowest BCUT2D eigenvalue weighted by Gasteiger charge is -2.02. The monoisotopic (exact) mass is 211 g/mol. The second-order valence-corrected chi connectivity index (χ2v) is 3.94. The van der Waals surface area contributed by atoms with Crippen LogP contribution in [0.1, 0.15) is 5.69 Å². The first-order valence-corrected chi connectivity index (χ1v) is 4.82. The van der Waals surface area contributed by atoms with E-state index in [2.05, 4.69) is 10.2 Å². The summed E-state index contributed by atoms with van der Waals surface area (Å²) in [6.45, 7) is -0.216. The van der Waals surface area contributed by atoms with E-state index in [1.54, 1.807) is 4.72 Å². The molecule has 8 heteroatoms. The number of nitrogens with zero attached hydrogens (tertiary/aromatic N) is 1. The lowest BCUT2D eigenvalue weighted by Crippen LogP contribution is -2.29. The molecular weight excluding hydrogens is 204 g/mol. The van der Waals surface area contributed by atoms with Gasteiger partial charge in [-0.15, -0.1) is 0 Å². The smallest absolute Gasteiger partial charge is 0.281 e. The highest BCUT2D eigenvalue weighted by atomic mass is 32.2. The molecule has 0 saturated carbocycles. The van der Waals surface area contributed by atoms with Crippen molar-refractivity contribution in [3.05, 3.63) is 18.0 Å². The van der Waals surface area contributed by atoms with Gasteiger partial charge in [0.2, 0.25) is 0 Å². The highest BCUT2D eigenvalue weighted by molar-refractivity contribution is 7.89. The number of alkyl halides is 2. The number of rotatable bonds is 4. The Kier molecular flexibility index (Phi) is 2.94. The van der Waals surface area contributed by atoms with Gasteiger partial charge in [-0.05, 0) is 6.07 Å². The zero-order chi connectivity index (χ0) is 9.90. The Morgan fingerprint density at radius 1 is 1.62 bits per heavy atom. The lowest BCUT2D eigenvalue weighted by molar-refractivity contribution is 0.232. The molecule has 2 N–H and O–H groups in total. The number of sulfonamides is 1. The van der Waals surface area contributed by atoms with Crippen LogP contribution in [0.3, 0.4) is 0 Å². The molecule has 0 aliphatic carbocycles. The number of halogens is 2. The van der Waals surface area contributed by atoms with E-state index in [4.69, 9.17) is 0 Å². The number of hydrogen-bond acceptors (Lipinski definition) is 3. The molecule has 0 fully saturated rings. The average molecular weight is 211 g/mol. The van der Waals surface area contributed by atoms with Crippen LogP contribution in [0.2, 0.25) is 0 Å². The van der Waals surface area contributed by atoms with Crippen LogP contribution >= 0.6 is 0 Å². The summed E-state index contributed by atoms with van der Waals surface area (Å²) in [4.78, 5) is 0. The Hall–Kier alpha value is -1.02. The van der Waals surface area contributed by atoms with Crippen molar-refractivity contribution in [2.75, 3.05) is 0 Å². The third kappa shape index (κ3) is 2.74. The van der Waals surface area contributed by atoms with Crippen molar-refractivity contribution in [2.45, 2.75) is 12.3 Å². The van der Waals surface area contributed by atoms with Crippen molar-refractivity contribution >= 4 is 10.0 Å². The summed E-state index contributed by atoms with van der Waals surface area (Å²) >= 11 is 0. The summed E-state index contributed by atoms with van der Waals surface area (Å²) < 4.78 is 46.3. The molecule has 0 atom stereocenters. The van der Waals surface area contributed by atoms with Gasteiger partial charge in [-0.25, -0.2) is 13.1 Å². The zero-order valence-electron chi connectivity index (χ0n) is 6.37. The van der Waals surface area contributed by atoms with E-state index in [1.165, 1.54) is 12.3 Å². The first kappa shape index (κ1) is 10.1. The quantitative estimate of drug-likeness (QED) is 0.739. The van der Waals surface area contributed by atoms with Crippen molar-refractivity contribution in [1.82, 2.24) is 14.9 Å². The molecule has 0 unspecified atom stereocenters. The maximum absolute atomic E-state index is 11.8. The zero-order valence-corrected chi connectivity index (χ0v) is 7.18. The summed E-state index contributed by atoms with van der Waals surface area (Å²) in [7, 11) is -4.51. The molecule has 0 aliphatic heterocycles. The third-order valence-corrected chi connectivity index (χ3v) is 2.27. The molecule has 0 spiro atoms. The number of nitrogens with one attached hydrogen (secondary N) is 2. The fourth-order valence-electron chi connectivity index (χ4n) is 0.624. The maximum Gasteiger partial charge on any atom is 0.350 e. The van der Waals surface area contributed by atoms with E-state index < -0.39 is 15.8 Å². The molecule has 0 amide bonds. The minimum Gasteiger partial charge on any atom is -0.281 e. The minimum atomic E-state index is -4.51. The predicted molar refractivity (Wildman–Crippen MR) is 40.4 cm³/mol. The average Bonchev–Trinajstić information content (AvgIpc) is 2.52. The predicted octanol–water partition coefficient (Wildman–Crippen LogP) is 0.0517. The van der Waals surface area contributed by atoms with Gasteiger partial charge in [-0.2, -0.15) is 13.9 Å². The summed E-state index contributed by atoms with van der Waals surface area (Å²) in [6.07, 6.45) is 1.39. The summed E-state index contributed by atoms with van der Waals surface area (Å²) in [5.74, 6) is -3.41. The summed E-state index contributed by atoms with van der Waals surface area (Å²) in [6, 6.07) is 1.48. The van der Waals surface area contributed by atoms with Crippen molar-refractivity contribution < 1.29 is 17.2 Å². The second-order valence-electron chi connectivity index (χ2n) is 2.21. The SMILES string of the molecule is O=S(=O)(NCc1ccn[nH]1)C(F)F. The van der Waals surface area contributed by atoms with E-state index in [9.17, 15) is 17.2 Å². The number of hydrogen-bond donors (Lipinski definition) is 2. The van der Waals surface area contributed by atoms with Crippen LogP contribution in [-0.2, 0) is 16.6 Å². The topological polar surface area (TPSA) is 74.8 Å². The minimum absolute atomic E-state index is 0.216. The molecular formula is C5H7F2N3O2S. The van der Waals surface area contributed by atoms with E-state index in [0.29, 0.717) is 5.69 Å². The first-order valence-electron chi connectivity index (χ1n) is 3.27. The number of aromatic nitrogens is 2. The Bertz CT molecular complexity index is 348. The molecule has 74 valence electrons. The Labute approximate surface area is 73.2 Å². The Balaban J connectivity index is 2.53. The molecule has 1 rings (SSSR count). The van der Waals surface area contributed by atoms with Crippen molar-refractivity contribution in [2.24, 2.45) is 0 Å². The van der Waals surface area contributed by atoms with Crippen LogP contribution in [-0.4, -0.2) is 24.4 Å². The molecule has 1 heterocycles. The summed E-state index contributed by atoms with van der Waals surface area (Å²) in [5.41, 5.74) is 0.421. The number of H-pyrrole nitrogens is 1. The van der Waals surface area contributed by atoms with Gasteiger partial charge in [0.15, 0.2) is 0 Å². The van der Waals surface area contributed by atoms with Crippen LogP contribution in [0.4, 0.5) is 8.78 Å². The molecule has 0 saturated heterocycles.